The molecule has 5 heterocycles. The van der Waals surface area contributed by atoms with Crippen molar-refractivity contribution in [1.29, 1.82) is 0 Å². The summed E-state index contributed by atoms with van der Waals surface area (Å²) in [7, 11) is -1.73. The van der Waals surface area contributed by atoms with Crippen LogP contribution in [0.15, 0.2) is 125 Å². The van der Waals surface area contributed by atoms with Crippen LogP contribution in [0.4, 0.5) is 0 Å². The predicted molar refractivity (Wildman–Crippen MR) is 197 cm³/mol. The number of furan rings is 1. The lowest BCUT2D eigenvalue weighted by Gasteiger charge is -2.33. The van der Waals surface area contributed by atoms with Gasteiger partial charge in [-0.25, -0.2) is 4.98 Å². The molecule has 8 rings (SSSR count). The van der Waals surface area contributed by atoms with Gasteiger partial charge in [-0.2, -0.15) is 4.57 Å². The summed E-state index contributed by atoms with van der Waals surface area (Å²) in [4.78, 5) is 9.91. The molecule has 3 aromatic heterocycles. The van der Waals surface area contributed by atoms with Crippen molar-refractivity contribution in [3.8, 4) is 22.4 Å². The highest BCUT2D eigenvalue weighted by Gasteiger charge is 2.42. The van der Waals surface area contributed by atoms with Crippen molar-refractivity contribution in [2.24, 2.45) is 4.99 Å². The van der Waals surface area contributed by atoms with Crippen LogP contribution in [0.1, 0.15) is 47.2 Å². The molecule has 5 heteroatoms. The van der Waals surface area contributed by atoms with E-state index in [1.54, 1.807) is 0 Å². The highest BCUT2D eigenvalue weighted by atomic mass is 28.3. The Hall–Kier alpha value is -4.87. The van der Waals surface area contributed by atoms with Crippen LogP contribution in [0.3, 0.4) is 0 Å². The first-order valence-corrected chi connectivity index (χ1v) is 20.2. The molecular formula is C42H40N3OSi+. The summed E-state index contributed by atoms with van der Waals surface area (Å²) in [5.74, 6) is 0.293. The Bertz CT molecular complexity index is 2270. The number of aliphatic imine (C=N–C) groups is 1. The summed E-state index contributed by atoms with van der Waals surface area (Å²) >= 11 is 0. The van der Waals surface area contributed by atoms with Crippen LogP contribution in [0.25, 0.3) is 44.5 Å². The lowest BCUT2D eigenvalue weighted by Crippen LogP contribution is -2.53. The van der Waals surface area contributed by atoms with Gasteiger partial charge in [-0.05, 0) is 66.3 Å². The van der Waals surface area contributed by atoms with Gasteiger partial charge in [0.05, 0.1) is 20.2 Å². The molecule has 4 nitrogen and oxygen atoms in total. The largest absolute Gasteiger partial charge is 0.437 e. The molecule has 0 aliphatic carbocycles. The van der Waals surface area contributed by atoms with Gasteiger partial charge in [-0.15, -0.1) is 0 Å². The van der Waals surface area contributed by atoms with E-state index in [9.17, 15) is 0 Å². The molecule has 0 spiro atoms. The molecule has 0 N–H and O–H groups in total. The second-order valence-corrected chi connectivity index (χ2v) is 19.2. The Morgan fingerprint density at radius 1 is 0.915 bits per heavy atom. The molecule has 0 bridgehead atoms. The maximum atomic E-state index is 6.50. The second-order valence-electron chi connectivity index (χ2n) is 14.2. The van der Waals surface area contributed by atoms with Crippen molar-refractivity contribution in [3.05, 3.63) is 138 Å². The number of benzene rings is 3. The minimum absolute atomic E-state index is 0.186. The average Bonchev–Trinajstić information content (AvgIpc) is 3.43. The van der Waals surface area contributed by atoms with E-state index in [0.29, 0.717) is 11.6 Å². The zero-order valence-corrected chi connectivity index (χ0v) is 28.7. The Morgan fingerprint density at radius 3 is 2.47 bits per heavy atom. The van der Waals surface area contributed by atoms with Crippen molar-refractivity contribution in [1.82, 2.24) is 4.98 Å². The zero-order valence-electron chi connectivity index (χ0n) is 27.7. The number of rotatable bonds is 3. The Morgan fingerprint density at radius 2 is 1.68 bits per heavy atom. The Labute approximate surface area is 277 Å². The Kier molecular flexibility index (Phi) is 6.99. The molecule has 0 amide bonds. The number of hydrogen-bond acceptors (Lipinski definition) is 3. The first-order chi connectivity index (χ1) is 22.7. The van der Waals surface area contributed by atoms with E-state index in [0.717, 1.165) is 58.3 Å². The van der Waals surface area contributed by atoms with Crippen LogP contribution in [-0.2, 0) is 6.42 Å². The molecule has 0 fully saturated rings. The van der Waals surface area contributed by atoms with Crippen LogP contribution in [-0.4, -0.2) is 18.8 Å². The van der Waals surface area contributed by atoms with Crippen LogP contribution in [0, 0.1) is 6.92 Å². The van der Waals surface area contributed by atoms with Gasteiger partial charge in [-0.1, -0.05) is 93.5 Å². The maximum Gasteiger partial charge on any atom is 0.227 e. The zero-order chi connectivity index (χ0) is 32.4. The molecule has 0 radical (unpaired) electrons. The number of nitrogens with zero attached hydrogens (tertiary/aromatic N) is 3. The van der Waals surface area contributed by atoms with E-state index < -0.39 is 8.07 Å². The molecule has 2 unspecified atom stereocenters. The predicted octanol–water partition coefficient (Wildman–Crippen LogP) is 9.62. The highest BCUT2D eigenvalue weighted by Crippen LogP contribution is 2.45. The maximum absolute atomic E-state index is 6.50. The highest BCUT2D eigenvalue weighted by molar-refractivity contribution is 6.89. The summed E-state index contributed by atoms with van der Waals surface area (Å²) in [5, 5.41) is 3.56. The second kappa shape index (κ2) is 11.1. The van der Waals surface area contributed by atoms with E-state index in [2.05, 4.69) is 122 Å². The molecule has 47 heavy (non-hydrogen) atoms. The number of fused-ring (bicyclic) bond motifs is 11. The van der Waals surface area contributed by atoms with Gasteiger partial charge >= 0.3 is 0 Å². The van der Waals surface area contributed by atoms with Crippen molar-refractivity contribution in [3.63, 3.8) is 0 Å². The SMILES string of the molecule is C=CC1=NC(=C)CC2C(CCc3ccc4c(oc5nc(C)ccc54)c31)c1ccccc1-c1cc(-c3ccccc3)c([Si](C)(C)C)c[n+]12. The molecule has 3 aromatic carbocycles. The smallest absolute Gasteiger partial charge is 0.227 e. The van der Waals surface area contributed by atoms with Crippen LogP contribution in [0.2, 0.25) is 19.6 Å². The minimum atomic E-state index is -1.73. The first-order valence-electron chi connectivity index (χ1n) is 16.7. The summed E-state index contributed by atoms with van der Waals surface area (Å²) in [6, 6.07) is 31.2. The van der Waals surface area contributed by atoms with Crippen molar-refractivity contribution < 1.29 is 8.98 Å². The fraction of sp³-hybridized carbons (Fsp3) is 0.214. The van der Waals surface area contributed by atoms with E-state index in [1.807, 2.05) is 19.1 Å². The van der Waals surface area contributed by atoms with E-state index in [1.165, 1.54) is 38.7 Å². The average molecular weight is 631 g/mol. The molecule has 6 aromatic rings. The van der Waals surface area contributed by atoms with Gasteiger partial charge in [0.1, 0.15) is 5.58 Å². The summed E-state index contributed by atoms with van der Waals surface area (Å²) in [6.45, 7) is 18.1. The van der Waals surface area contributed by atoms with Crippen molar-refractivity contribution in [2.45, 2.75) is 57.8 Å². The van der Waals surface area contributed by atoms with Gasteiger partial charge in [0.25, 0.3) is 0 Å². The Balaban J connectivity index is 1.33. The lowest BCUT2D eigenvalue weighted by molar-refractivity contribution is -0.717. The summed E-state index contributed by atoms with van der Waals surface area (Å²) < 4.78 is 9.08. The molecule has 2 aliphatic rings. The fourth-order valence-electron chi connectivity index (χ4n) is 7.87. The van der Waals surface area contributed by atoms with Gasteiger partial charge < -0.3 is 4.42 Å². The summed E-state index contributed by atoms with van der Waals surface area (Å²) in [5.41, 5.74) is 13.0. The molecule has 0 saturated heterocycles. The quantitative estimate of drug-likeness (QED) is 0.144. The van der Waals surface area contributed by atoms with E-state index >= 15 is 0 Å². The number of aryl methyl sites for hydroxylation is 2. The van der Waals surface area contributed by atoms with E-state index in [4.69, 9.17) is 14.4 Å². The topological polar surface area (TPSA) is 42.3 Å². The monoisotopic (exact) mass is 630 g/mol. The number of allylic oxidation sites excluding steroid dienone is 2. The van der Waals surface area contributed by atoms with Gasteiger partial charge in [0.2, 0.25) is 11.4 Å². The summed E-state index contributed by atoms with van der Waals surface area (Å²) in [6.07, 6.45) is 6.99. The molecule has 2 atom stereocenters. The molecule has 2 aliphatic heterocycles. The lowest BCUT2D eigenvalue weighted by atomic mass is 9.77. The van der Waals surface area contributed by atoms with Gasteiger partial charge in [0, 0.05) is 50.5 Å². The third-order valence-electron chi connectivity index (χ3n) is 10.1. The van der Waals surface area contributed by atoms with E-state index in [-0.39, 0.29) is 6.04 Å². The number of aromatic nitrogens is 2. The first kappa shape index (κ1) is 29.5. The normalized spacial score (nSPS) is 17.8. The van der Waals surface area contributed by atoms with Gasteiger partial charge in [0.15, 0.2) is 12.2 Å². The standard InChI is InChI=1S/C42H40N3OSi/c1-7-36-40-29(19-22-33-34-20-17-26(2)44-42(34)46-41(33)40)18-21-32-30-15-11-12-16-31(30)38-24-35(28-13-9-8-10-14-28)39(47(4,5)6)25-45(38)37(32)23-27(3)43-36/h7-17,19-20,22,24-25,32,37H,1,3,18,21,23H2,2,4-6H3/q+1. The number of hydrogen-bond donors (Lipinski definition) is 0. The third-order valence-corrected chi connectivity index (χ3v) is 12.1. The van der Waals surface area contributed by atoms with Gasteiger partial charge in [-0.3, -0.25) is 4.99 Å². The van der Waals surface area contributed by atoms with Crippen molar-refractivity contribution >= 4 is 41.0 Å². The fourth-order valence-corrected chi connectivity index (χ4v) is 9.42. The van der Waals surface area contributed by atoms with Crippen LogP contribution < -0.4 is 9.75 Å². The van der Waals surface area contributed by atoms with Crippen LogP contribution in [0.5, 0.6) is 0 Å². The number of pyridine rings is 2. The minimum Gasteiger partial charge on any atom is -0.437 e. The molecule has 0 saturated carbocycles. The molecular weight excluding hydrogens is 591 g/mol. The van der Waals surface area contributed by atoms with Crippen molar-refractivity contribution in [2.75, 3.05) is 0 Å². The molecule has 232 valence electrons. The van der Waals surface area contributed by atoms with Crippen LogP contribution >= 0.6 is 0 Å². The third kappa shape index (κ3) is 4.92.